The van der Waals surface area contributed by atoms with Crippen LogP contribution in [0.25, 0.3) is 0 Å². The molecule has 13 nitrogen and oxygen atoms in total. The molecule has 6 N–H and O–H groups in total. The van der Waals surface area contributed by atoms with E-state index in [1.165, 1.54) is 57.8 Å². The van der Waals surface area contributed by atoms with Crippen LogP contribution in [0.4, 0.5) is 0 Å². The Morgan fingerprint density at radius 2 is 0.934 bits per heavy atom. The second kappa shape index (κ2) is 37.2. The number of hydrogen-bond acceptors (Lipinski definition) is 12. The number of unbranched alkanes of at least 4 members (excludes halogenated alkanes) is 18. The van der Waals surface area contributed by atoms with E-state index < -0.39 is 75.7 Å². The summed E-state index contributed by atoms with van der Waals surface area (Å²) >= 11 is 0. The Labute approximate surface area is 367 Å². The molecule has 6 unspecified atom stereocenters. The number of phosphoric ester groups is 1. The fourth-order valence-corrected chi connectivity index (χ4v) is 7.86. The summed E-state index contributed by atoms with van der Waals surface area (Å²) in [5, 5.41) is 50.1. The molecule has 0 radical (unpaired) electrons. The number of esters is 2. The molecule has 0 bridgehead atoms. The van der Waals surface area contributed by atoms with E-state index >= 15 is 0 Å². The summed E-state index contributed by atoms with van der Waals surface area (Å²) in [7, 11) is -5.12. The Bertz CT molecular complexity index is 1250. The highest BCUT2D eigenvalue weighted by Gasteiger charge is 2.51. The summed E-state index contributed by atoms with van der Waals surface area (Å²) in [5.41, 5.74) is 0. The molecule has 1 rings (SSSR count). The van der Waals surface area contributed by atoms with Crippen molar-refractivity contribution in [3.63, 3.8) is 0 Å². The van der Waals surface area contributed by atoms with Gasteiger partial charge in [0.15, 0.2) is 6.10 Å². The normalized spacial score (nSPS) is 22.4. The van der Waals surface area contributed by atoms with E-state index in [1.54, 1.807) is 0 Å². The Morgan fingerprint density at radius 1 is 0.525 bits per heavy atom. The van der Waals surface area contributed by atoms with Crippen molar-refractivity contribution in [2.24, 2.45) is 0 Å². The van der Waals surface area contributed by atoms with Crippen LogP contribution in [0.5, 0.6) is 0 Å². The van der Waals surface area contributed by atoms with Crippen LogP contribution in [0.15, 0.2) is 48.6 Å². The van der Waals surface area contributed by atoms with Crippen molar-refractivity contribution in [1.82, 2.24) is 0 Å². The minimum atomic E-state index is -5.12. The van der Waals surface area contributed by atoms with Gasteiger partial charge in [0.25, 0.3) is 0 Å². The monoisotopic (exact) mass is 887 g/mol. The average molecular weight is 887 g/mol. The van der Waals surface area contributed by atoms with Gasteiger partial charge in [-0.15, -0.1) is 0 Å². The smallest absolute Gasteiger partial charge is 0.462 e. The van der Waals surface area contributed by atoms with Crippen LogP contribution < -0.4 is 0 Å². The first-order chi connectivity index (χ1) is 29.4. The Hall–Kier alpha value is -2.19. The van der Waals surface area contributed by atoms with Gasteiger partial charge >= 0.3 is 19.8 Å². The maximum atomic E-state index is 12.8. The van der Waals surface area contributed by atoms with Gasteiger partial charge in [-0.2, -0.15) is 0 Å². The Kier molecular flexibility index (Phi) is 34.7. The zero-order valence-corrected chi connectivity index (χ0v) is 38.3. The minimum Gasteiger partial charge on any atom is -0.462 e. The number of carbonyl (C=O) groups is 2. The Balaban J connectivity index is 2.46. The van der Waals surface area contributed by atoms with Gasteiger partial charge in [0.1, 0.15) is 43.2 Å². The summed E-state index contributed by atoms with van der Waals surface area (Å²) in [6, 6.07) is 0. The number of carbonyl (C=O) groups excluding carboxylic acids is 2. The number of allylic oxidation sites excluding steroid dienone is 8. The van der Waals surface area contributed by atoms with Gasteiger partial charge < -0.3 is 39.9 Å². The van der Waals surface area contributed by atoms with Crippen molar-refractivity contribution in [1.29, 1.82) is 0 Å². The average Bonchev–Trinajstić information content (AvgIpc) is 3.24. The molecule has 1 saturated carbocycles. The van der Waals surface area contributed by atoms with Crippen molar-refractivity contribution in [3.8, 4) is 0 Å². The van der Waals surface area contributed by atoms with Gasteiger partial charge in [-0.05, 0) is 70.6 Å². The van der Waals surface area contributed by atoms with Crippen LogP contribution in [-0.2, 0) is 32.7 Å². The highest BCUT2D eigenvalue weighted by molar-refractivity contribution is 7.47. The van der Waals surface area contributed by atoms with E-state index in [4.69, 9.17) is 18.5 Å². The first-order valence-corrected chi connectivity index (χ1v) is 24.9. The number of rotatable bonds is 38. The number of aliphatic hydroxyl groups is 5. The fraction of sp³-hybridized carbons (Fsp3) is 0.787. The maximum Gasteiger partial charge on any atom is 0.472 e. The van der Waals surface area contributed by atoms with Crippen LogP contribution in [0.1, 0.15) is 181 Å². The van der Waals surface area contributed by atoms with Gasteiger partial charge in [0.2, 0.25) is 0 Å². The van der Waals surface area contributed by atoms with Gasteiger partial charge in [-0.3, -0.25) is 18.6 Å². The SMILES string of the molecule is CC/C=C\C/C=C\C/C=C\CCCCCCCC(=O)OC(COC(=O)CCCCCCCCC/C=C\CCCCCCCC)COP(=O)(O)OC1C(O)C(O)C(O)C(O)C1O. The third-order valence-corrected chi connectivity index (χ3v) is 11.6. The van der Waals surface area contributed by atoms with Crippen molar-refractivity contribution >= 4 is 19.8 Å². The molecule has 1 aliphatic rings. The van der Waals surface area contributed by atoms with E-state index in [-0.39, 0.29) is 12.8 Å². The zero-order valence-electron chi connectivity index (χ0n) is 37.4. The molecule has 0 aliphatic heterocycles. The van der Waals surface area contributed by atoms with E-state index in [9.17, 15) is 44.6 Å². The van der Waals surface area contributed by atoms with Gasteiger partial charge in [0.05, 0.1) is 6.61 Å². The molecular formula is C47H83O13P. The van der Waals surface area contributed by atoms with Crippen molar-refractivity contribution in [2.45, 2.75) is 224 Å². The van der Waals surface area contributed by atoms with Crippen LogP contribution in [0.2, 0.25) is 0 Å². The number of ether oxygens (including phenoxy) is 2. The minimum absolute atomic E-state index is 0.0753. The molecule has 354 valence electrons. The lowest BCUT2D eigenvalue weighted by atomic mass is 9.85. The molecule has 0 saturated heterocycles. The molecule has 0 amide bonds. The van der Waals surface area contributed by atoms with Crippen LogP contribution in [0, 0.1) is 0 Å². The summed E-state index contributed by atoms with van der Waals surface area (Å²) < 4.78 is 33.5. The van der Waals surface area contributed by atoms with E-state index in [0.29, 0.717) is 12.8 Å². The number of aliphatic hydroxyl groups excluding tert-OH is 5. The number of hydrogen-bond donors (Lipinski definition) is 6. The van der Waals surface area contributed by atoms with Gasteiger partial charge in [-0.1, -0.05) is 146 Å². The predicted octanol–water partition coefficient (Wildman–Crippen LogP) is 9.17. The molecular weight excluding hydrogens is 803 g/mol. The molecule has 0 aromatic carbocycles. The van der Waals surface area contributed by atoms with Crippen LogP contribution >= 0.6 is 7.82 Å². The predicted molar refractivity (Wildman–Crippen MR) is 239 cm³/mol. The first kappa shape index (κ1) is 56.8. The van der Waals surface area contributed by atoms with E-state index in [2.05, 4.69) is 62.5 Å². The van der Waals surface area contributed by atoms with Gasteiger partial charge in [0, 0.05) is 12.8 Å². The maximum absolute atomic E-state index is 12.8. The van der Waals surface area contributed by atoms with Crippen molar-refractivity contribution < 1.29 is 63.1 Å². The quantitative estimate of drug-likeness (QED) is 0.0148. The summed E-state index contributed by atoms with van der Waals surface area (Å²) in [6.07, 6.45) is 30.2. The summed E-state index contributed by atoms with van der Waals surface area (Å²) in [4.78, 5) is 35.7. The molecule has 14 heteroatoms. The lowest BCUT2D eigenvalue weighted by molar-refractivity contribution is -0.220. The van der Waals surface area contributed by atoms with E-state index in [0.717, 1.165) is 83.5 Å². The second-order valence-corrected chi connectivity index (χ2v) is 17.6. The zero-order chi connectivity index (χ0) is 45.0. The van der Waals surface area contributed by atoms with Crippen molar-refractivity contribution in [2.75, 3.05) is 13.2 Å². The largest absolute Gasteiger partial charge is 0.472 e. The fourth-order valence-electron chi connectivity index (χ4n) is 6.88. The third kappa shape index (κ3) is 29.7. The molecule has 0 aromatic heterocycles. The van der Waals surface area contributed by atoms with Crippen LogP contribution in [-0.4, -0.2) is 98.3 Å². The second-order valence-electron chi connectivity index (χ2n) is 16.2. The highest BCUT2D eigenvalue weighted by atomic mass is 31.2. The van der Waals surface area contributed by atoms with Crippen molar-refractivity contribution in [3.05, 3.63) is 48.6 Å². The third-order valence-electron chi connectivity index (χ3n) is 10.7. The Morgan fingerprint density at radius 3 is 1.44 bits per heavy atom. The van der Waals surface area contributed by atoms with Crippen LogP contribution in [0.3, 0.4) is 0 Å². The first-order valence-electron chi connectivity index (χ1n) is 23.4. The topological polar surface area (TPSA) is 210 Å². The lowest BCUT2D eigenvalue weighted by Gasteiger charge is -2.41. The molecule has 6 atom stereocenters. The lowest BCUT2D eigenvalue weighted by Crippen LogP contribution is -2.64. The molecule has 0 spiro atoms. The molecule has 61 heavy (non-hydrogen) atoms. The standard InChI is InChI=1S/C47H83O13P/c1-3-5-7-9-11-13-15-17-19-20-22-23-25-27-29-31-33-35-40(48)57-37-39(38-58-61(55,56)60-47-45(53)43(51)42(50)44(52)46(47)54)59-41(49)36-34-32-30-28-26-24-21-18-16-14-12-10-8-6-4-2/h6,8,12,14,17-19,21,39,42-47,50-54H,3-5,7,9-11,13,15-16,20,22-38H2,1-2H3,(H,55,56)/b8-6-,14-12-,19-17-,21-18-. The molecule has 1 fully saturated rings. The van der Waals surface area contributed by atoms with Gasteiger partial charge in [-0.25, -0.2) is 4.57 Å². The molecule has 0 aromatic rings. The number of phosphoric acid groups is 1. The summed E-state index contributed by atoms with van der Waals surface area (Å²) in [6.45, 7) is 3.16. The molecule has 1 aliphatic carbocycles. The molecule has 0 heterocycles. The van der Waals surface area contributed by atoms with E-state index in [1.807, 2.05) is 0 Å². The summed E-state index contributed by atoms with van der Waals surface area (Å²) in [5.74, 6) is -1.12. The highest BCUT2D eigenvalue weighted by Crippen LogP contribution is 2.47.